The van der Waals surface area contributed by atoms with Crippen LogP contribution in [0.2, 0.25) is 0 Å². The number of amides is 1. The molecule has 2 rings (SSSR count). The van der Waals surface area contributed by atoms with Crippen LogP contribution < -0.4 is 15.8 Å². The number of rotatable bonds is 8. The molecule has 0 fully saturated rings. The summed E-state index contributed by atoms with van der Waals surface area (Å²) >= 11 is 0. The molecule has 0 saturated heterocycles. The Kier molecular flexibility index (Phi) is 6.56. The van der Waals surface area contributed by atoms with Gasteiger partial charge in [-0.05, 0) is 61.9 Å². The van der Waals surface area contributed by atoms with Crippen LogP contribution in [0.4, 0.5) is 0 Å². The lowest BCUT2D eigenvalue weighted by Crippen LogP contribution is -2.31. The van der Waals surface area contributed by atoms with Crippen molar-refractivity contribution in [1.82, 2.24) is 10.0 Å². The lowest BCUT2D eigenvalue weighted by atomic mass is 9.92. The van der Waals surface area contributed by atoms with Gasteiger partial charge in [0.1, 0.15) is 0 Å². The molecule has 1 aromatic rings. The molecule has 0 unspecified atom stereocenters. The Morgan fingerprint density at radius 3 is 2.61 bits per heavy atom. The number of nitrogens with two attached hydrogens (primary N) is 1. The summed E-state index contributed by atoms with van der Waals surface area (Å²) in [5, 5.41) is 2.70. The summed E-state index contributed by atoms with van der Waals surface area (Å²) in [4.78, 5) is 11.8. The number of sulfonamides is 1. The molecule has 0 bridgehead atoms. The van der Waals surface area contributed by atoms with E-state index < -0.39 is 10.0 Å². The summed E-state index contributed by atoms with van der Waals surface area (Å²) in [6, 6.07) is 5.31. The molecular formula is C16H25N3O3S. The maximum absolute atomic E-state index is 12.3. The first-order chi connectivity index (χ1) is 11.0. The van der Waals surface area contributed by atoms with Crippen molar-refractivity contribution in [1.29, 1.82) is 0 Å². The molecule has 1 aromatic carbocycles. The van der Waals surface area contributed by atoms with E-state index in [0.717, 1.165) is 31.2 Å². The summed E-state index contributed by atoms with van der Waals surface area (Å²) in [7, 11) is -3.56. The molecule has 128 valence electrons. The molecule has 0 radical (unpaired) electrons. The summed E-state index contributed by atoms with van der Waals surface area (Å²) in [5.41, 5.74) is 7.71. The third-order valence-corrected chi connectivity index (χ3v) is 5.44. The van der Waals surface area contributed by atoms with Crippen LogP contribution in [0.1, 0.15) is 36.8 Å². The van der Waals surface area contributed by atoms with E-state index in [-0.39, 0.29) is 23.8 Å². The van der Waals surface area contributed by atoms with E-state index in [9.17, 15) is 13.2 Å². The van der Waals surface area contributed by atoms with Gasteiger partial charge in [-0.15, -0.1) is 0 Å². The number of hydrogen-bond donors (Lipinski definition) is 3. The molecule has 1 aliphatic rings. The molecule has 6 nitrogen and oxygen atoms in total. The van der Waals surface area contributed by atoms with Crippen LogP contribution in [0.3, 0.4) is 0 Å². The first kappa shape index (κ1) is 17.9. The summed E-state index contributed by atoms with van der Waals surface area (Å²) in [6.45, 7) is 1.13. The van der Waals surface area contributed by atoms with Gasteiger partial charge >= 0.3 is 0 Å². The van der Waals surface area contributed by atoms with Crippen LogP contribution in [0, 0.1) is 0 Å². The molecule has 7 heteroatoms. The normalized spacial score (nSPS) is 14.3. The van der Waals surface area contributed by atoms with Crippen LogP contribution in [0.15, 0.2) is 23.1 Å². The van der Waals surface area contributed by atoms with Gasteiger partial charge in [-0.1, -0.05) is 6.07 Å². The van der Waals surface area contributed by atoms with Crippen LogP contribution in [-0.4, -0.2) is 34.0 Å². The zero-order chi connectivity index (χ0) is 16.7. The van der Waals surface area contributed by atoms with E-state index in [1.807, 2.05) is 6.07 Å². The Labute approximate surface area is 137 Å². The average Bonchev–Trinajstić information content (AvgIpc) is 2.54. The molecule has 0 aliphatic heterocycles. The molecule has 1 aliphatic carbocycles. The van der Waals surface area contributed by atoms with Crippen molar-refractivity contribution in [2.45, 2.75) is 43.4 Å². The highest BCUT2D eigenvalue weighted by Crippen LogP contribution is 2.23. The lowest BCUT2D eigenvalue weighted by molar-refractivity contribution is -0.120. The fourth-order valence-corrected chi connectivity index (χ4v) is 3.76. The molecule has 0 atom stereocenters. The van der Waals surface area contributed by atoms with Gasteiger partial charge in [0.05, 0.1) is 4.90 Å². The van der Waals surface area contributed by atoms with E-state index in [0.29, 0.717) is 19.5 Å². The molecule has 0 heterocycles. The number of carbonyl (C=O) groups excluding carboxylic acids is 1. The van der Waals surface area contributed by atoms with Crippen molar-refractivity contribution in [3.8, 4) is 0 Å². The highest BCUT2D eigenvalue weighted by atomic mass is 32.2. The fourth-order valence-electron chi connectivity index (χ4n) is 2.68. The maximum Gasteiger partial charge on any atom is 0.240 e. The largest absolute Gasteiger partial charge is 0.356 e. The van der Waals surface area contributed by atoms with E-state index in [2.05, 4.69) is 10.0 Å². The smallest absolute Gasteiger partial charge is 0.240 e. The monoisotopic (exact) mass is 339 g/mol. The molecule has 0 aromatic heterocycles. The number of benzene rings is 1. The van der Waals surface area contributed by atoms with Gasteiger partial charge in [-0.3, -0.25) is 4.79 Å². The predicted octanol–water partition coefficient (Wildman–Crippen LogP) is 0.699. The second-order valence-electron chi connectivity index (χ2n) is 5.78. The highest BCUT2D eigenvalue weighted by molar-refractivity contribution is 7.89. The predicted molar refractivity (Wildman–Crippen MR) is 89.6 cm³/mol. The first-order valence-electron chi connectivity index (χ1n) is 8.11. The van der Waals surface area contributed by atoms with E-state index in [4.69, 9.17) is 5.73 Å². The minimum atomic E-state index is -3.56. The van der Waals surface area contributed by atoms with Crippen molar-refractivity contribution >= 4 is 15.9 Å². The van der Waals surface area contributed by atoms with Crippen LogP contribution in [0.5, 0.6) is 0 Å². The Balaban J connectivity index is 1.88. The second kappa shape index (κ2) is 8.42. The lowest BCUT2D eigenvalue weighted by Gasteiger charge is -2.16. The maximum atomic E-state index is 12.3. The van der Waals surface area contributed by atoms with E-state index in [1.54, 1.807) is 12.1 Å². The third kappa shape index (κ3) is 5.30. The van der Waals surface area contributed by atoms with Crippen molar-refractivity contribution in [3.63, 3.8) is 0 Å². The van der Waals surface area contributed by atoms with Crippen LogP contribution in [0.25, 0.3) is 0 Å². The number of hydrogen-bond acceptors (Lipinski definition) is 4. The Bertz CT molecular complexity index is 644. The van der Waals surface area contributed by atoms with Crippen molar-refractivity contribution in [3.05, 3.63) is 29.3 Å². The molecule has 4 N–H and O–H groups in total. The quantitative estimate of drug-likeness (QED) is 0.607. The highest BCUT2D eigenvalue weighted by Gasteiger charge is 2.17. The minimum absolute atomic E-state index is 0.0911. The van der Waals surface area contributed by atoms with Crippen LogP contribution in [-0.2, 0) is 27.7 Å². The zero-order valence-corrected chi connectivity index (χ0v) is 14.1. The Morgan fingerprint density at radius 2 is 1.87 bits per heavy atom. The van der Waals surface area contributed by atoms with Crippen molar-refractivity contribution in [2.24, 2.45) is 5.73 Å². The van der Waals surface area contributed by atoms with E-state index >= 15 is 0 Å². The van der Waals surface area contributed by atoms with Crippen LogP contribution >= 0.6 is 0 Å². The number of carbonyl (C=O) groups is 1. The minimum Gasteiger partial charge on any atom is -0.356 e. The molecule has 23 heavy (non-hydrogen) atoms. The zero-order valence-electron chi connectivity index (χ0n) is 13.3. The Morgan fingerprint density at radius 1 is 1.13 bits per heavy atom. The van der Waals surface area contributed by atoms with Gasteiger partial charge in [0.25, 0.3) is 0 Å². The van der Waals surface area contributed by atoms with Crippen molar-refractivity contribution in [2.75, 3.05) is 19.6 Å². The topological polar surface area (TPSA) is 101 Å². The molecule has 1 amide bonds. The van der Waals surface area contributed by atoms with Crippen molar-refractivity contribution < 1.29 is 13.2 Å². The van der Waals surface area contributed by atoms with Gasteiger partial charge in [0.15, 0.2) is 0 Å². The summed E-state index contributed by atoms with van der Waals surface area (Å²) < 4.78 is 27.1. The van der Waals surface area contributed by atoms with E-state index in [1.165, 1.54) is 5.56 Å². The van der Waals surface area contributed by atoms with Gasteiger partial charge in [-0.2, -0.15) is 0 Å². The van der Waals surface area contributed by atoms with Gasteiger partial charge in [-0.25, -0.2) is 13.1 Å². The SMILES string of the molecule is NCCCNC(=O)CCNS(=O)(=O)c1ccc2c(c1)CCCC2. The van der Waals surface area contributed by atoms with Gasteiger partial charge in [0, 0.05) is 19.5 Å². The average molecular weight is 339 g/mol. The molecule has 0 spiro atoms. The van der Waals surface area contributed by atoms with Gasteiger partial charge in [0.2, 0.25) is 15.9 Å². The molecular weight excluding hydrogens is 314 g/mol. The first-order valence-corrected chi connectivity index (χ1v) is 9.59. The number of aryl methyl sites for hydroxylation is 2. The number of fused-ring (bicyclic) bond motifs is 1. The fraction of sp³-hybridized carbons (Fsp3) is 0.562. The standard InChI is InChI=1S/C16H25N3O3S/c17-9-3-10-18-16(20)8-11-19-23(21,22)15-7-6-13-4-1-2-5-14(13)12-15/h6-7,12,19H,1-5,8-11,17H2,(H,18,20). The summed E-state index contributed by atoms with van der Waals surface area (Å²) in [5.74, 6) is -0.174. The third-order valence-electron chi connectivity index (χ3n) is 3.98. The Hall–Kier alpha value is -1.44. The van der Waals surface area contributed by atoms with Gasteiger partial charge < -0.3 is 11.1 Å². The second-order valence-corrected chi connectivity index (χ2v) is 7.54. The molecule has 0 saturated carbocycles. The number of nitrogens with one attached hydrogen (secondary N) is 2. The summed E-state index contributed by atoms with van der Waals surface area (Å²) in [6.07, 6.45) is 5.05.